The van der Waals surface area contributed by atoms with E-state index in [0.29, 0.717) is 30.0 Å². The number of aliphatic hydroxyl groups excluding tert-OH is 1. The summed E-state index contributed by atoms with van der Waals surface area (Å²) in [7, 11) is 0. The molecule has 3 atom stereocenters. The number of hydrogen-bond acceptors (Lipinski definition) is 2. The number of benzene rings is 1. The monoisotopic (exact) mass is 283 g/mol. The predicted molar refractivity (Wildman–Crippen MR) is 75.3 cm³/mol. The molecule has 0 spiro atoms. The van der Waals surface area contributed by atoms with Crippen molar-refractivity contribution in [1.82, 2.24) is 5.32 Å². The molecule has 0 heterocycles. The van der Waals surface area contributed by atoms with Crippen LogP contribution in [0.15, 0.2) is 18.2 Å². The third kappa shape index (κ3) is 4.00. The lowest BCUT2D eigenvalue weighted by Gasteiger charge is -2.32. The molecule has 0 bridgehead atoms. The van der Waals surface area contributed by atoms with E-state index >= 15 is 0 Å². The Morgan fingerprint density at radius 3 is 2.40 bits per heavy atom. The van der Waals surface area contributed by atoms with Crippen LogP contribution in [0.3, 0.4) is 0 Å². The first-order chi connectivity index (χ1) is 9.45. The van der Waals surface area contributed by atoms with E-state index in [0.717, 1.165) is 25.0 Å². The highest BCUT2D eigenvalue weighted by atomic mass is 19.2. The lowest BCUT2D eigenvalue weighted by atomic mass is 9.80. The summed E-state index contributed by atoms with van der Waals surface area (Å²) in [5, 5.41) is 13.4. The maximum absolute atomic E-state index is 13.1. The van der Waals surface area contributed by atoms with E-state index in [-0.39, 0.29) is 0 Å². The van der Waals surface area contributed by atoms with Crippen molar-refractivity contribution in [1.29, 1.82) is 0 Å². The summed E-state index contributed by atoms with van der Waals surface area (Å²) in [4.78, 5) is 0. The lowest BCUT2D eigenvalue weighted by molar-refractivity contribution is 0.154. The molecule has 2 N–H and O–H groups in total. The van der Waals surface area contributed by atoms with Gasteiger partial charge in [0.05, 0.1) is 6.10 Å². The molecule has 1 aliphatic carbocycles. The molecule has 1 fully saturated rings. The average molecular weight is 283 g/mol. The van der Waals surface area contributed by atoms with Crippen LogP contribution in [0, 0.1) is 23.5 Å². The Bertz CT molecular complexity index is 442. The van der Waals surface area contributed by atoms with Gasteiger partial charge in [-0.3, -0.25) is 0 Å². The van der Waals surface area contributed by atoms with Crippen molar-refractivity contribution in [3.8, 4) is 0 Å². The minimum Gasteiger partial charge on any atom is -0.387 e. The molecule has 0 aromatic heterocycles. The SMILES string of the molecule is CC1CC(C)CC(NCC(O)c2ccc(F)c(F)c2)C1. The van der Waals surface area contributed by atoms with Crippen LogP contribution in [0.4, 0.5) is 8.78 Å². The summed E-state index contributed by atoms with van der Waals surface area (Å²) in [6.45, 7) is 4.86. The van der Waals surface area contributed by atoms with Gasteiger partial charge in [-0.1, -0.05) is 19.9 Å². The zero-order valence-corrected chi connectivity index (χ0v) is 12.1. The van der Waals surface area contributed by atoms with Gasteiger partial charge in [-0.25, -0.2) is 8.78 Å². The average Bonchev–Trinajstić information content (AvgIpc) is 2.38. The van der Waals surface area contributed by atoms with Crippen LogP contribution in [0.1, 0.15) is 44.8 Å². The van der Waals surface area contributed by atoms with E-state index in [4.69, 9.17) is 0 Å². The van der Waals surface area contributed by atoms with E-state index in [1.54, 1.807) is 0 Å². The molecule has 112 valence electrons. The van der Waals surface area contributed by atoms with Gasteiger partial charge in [-0.05, 0) is 48.8 Å². The van der Waals surface area contributed by atoms with Gasteiger partial charge in [0.25, 0.3) is 0 Å². The van der Waals surface area contributed by atoms with Crippen LogP contribution in [0.5, 0.6) is 0 Å². The molecule has 1 aliphatic rings. The van der Waals surface area contributed by atoms with Crippen LogP contribution in [0.25, 0.3) is 0 Å². The van der Waals surface area contributed by atoms with Crippen LogP contribution in [-0.4, -0.2) is 17.7 Å². The lowest BCUT2D eigenvalue weighted by Crippen LogP contribution is -2.38. The molecule has 0 aliphatic heterocycles. The highest BCUT2D eigenvalue weighted by molar-refractivity contribution is 5.20. The van der Waals surface area contributed by atoms with Gasteiger partial charge in [-0.2, -0.15) is 0 Å². The van der Waals surface area contributed by atoms with Crippen LogP contribution >= 0.6 is 0 Å². The maximum Gasteiger partial charge on any atom is 0.159 e. The van der Waals surface area contributed by atoms with Gasteiger partial charge >= 0.3 is 0 Å². The van der Waals surface area contributed by atoms with Crippen molar-refractivity contribution in [2.24, 2.45) is 11.8 Å². The Morgan fingerprint density at radius 2 is 1.80 bits per heavy atom. The van der Waals surface area contributed by atoms with E-state index in [1.807, 2.05) is 0 Å². The van der Waals surface area contributed by atoms with Gasteiger partial charge in [0.1, 0.15) is 0 Å². The molecular weight excluding hydrogens is 260 g/mol. The summed E-state index contributed by atoms with van der Waals surface area (Å²) in [5.41, 5.74) is 0.410. The molecule has 20 heavy (non-hydrogen) atoms. The van der Waals surface area contributed by atoms with Crippen molar-refractivity contribution in [2.45, 2.75) is 45.3 Å². The molecule has 4 heteroatoms. The van der Waals surface area contributed by atoms with E-state index < -0.39 is 17.7 Å². The number of nitrogens with one attached hydrogen (secondary N) is 1. The fourth-order valence-electron chi connectivity index (χ4n) is 3.23. The zero-order valence-electron chi connectivity index (χ0n) is 12.1. The number of halogens is 2. The minimum absolute atomic E-state index is 0.370. The first kappa shape index (κ1) is 15.4. The maximum atomic E-state index is 13.1. The van der Waals surface area contributed by atoms with Crippen molar-refractivity contribution in [2.75, 3.05) is 6.54 Å². The number of aliphatic hydroxyl groups is 1. The predicted octanol–water partition coefficient (Wildman–Crippen LogP) is 3.41. The van der Waals surface area contributed by atoms with Crippen molar-refractivity contribution in [3.05, 3.63) is 35.4 Å². The summed E-state index contributed by atoms with van der Waals surface area (Å²) in [6.07, 6.45) is 2.66. The van der Waals surface area contributed by atoms with Gasteiger partial charge in [0.2, 0.25) is 0 Å². The Labute approximate surface area is 119 Å². The molecule has 1 aromatic carbocycles. The van der Waals surface area contributed by atoms with Crippen LogP contribution < -0.4 is 5.32 Å². The summed E-state index contributed by atoms with van der Waals surface area (Å²) < 4.78 is 26.0. The zero-order chi connectivity index (χ0) is 14.7. The molecule has 2 rings (SSSR count). The van der Waals surface area contributed by atoms with Crippen LogP contribution in [0.2, 0.25) is 0 Å². The number of hydrogen-bond donors (Lipinski definition) is 2. The Hall–Kier alpha value is -1.00. The highest BCUT2D eigenvalue weighted by Gasteiger charge is 2.24. The Morgan fingerprint density at radius 1 is 1.15 bits per heavy atom. The fraction of sp³-hybridized carbons (Fsp3) is 0.625. The molecule has 3 unspecified atom stereocenters. The third-order valence-electron chi connectivity index (χ3n) is 4.11. The summed E-state index contributed by atoms with van der Waals surface area (Å²) in [5.74, 6) is -0.418. The fourth-order valence-corrected chi connectivity index (χ4v) is 3.23. The molecule has 1 aromatic rings. The molecule has 1 saturated carbocycles. The van der Waals surface area contributed by atoms with Gasteiger partial charge < -0.3 is 10.4 Å². The second-order valence-corrected chi connectivity index (χ2v) is 6.21. The molecule has 2 nitrogen and oxygen atoms in total. The summed E-state index contributed by atoms with van der Waals surface area (Å²) >= 11 is 0. The first-order valence-electron chi connectivity index (χ1n) is 7.32. The second-order valence-electron chi connectivity index (χ2n) is 6.21. The standard InChI is InChI=1S/C16H23F2NO/c1-10-5-11(2)7-13(6-10)19-9-16(20)12-3-4-14(17)15(18)8-12/h3-4,8,10-11,13,16,19-20H,5-7,9H2,1-2H3. The summed E-state index contributed by atoms with van der Waals surface area (Å²) in [6, 6.07) is 3.94. The molecule has 0 saturated heterocycles. The molecule has 0 radical (unpaired) electrons. The Balaban J connectivity index is 1.88. The van der Waals surface area contributed by atoms with Gasteiger partial charge in [-0.15, -0.1) is 0 Å². The third-order valence-corrected chi connectivity index (χ3v) is 4.11. The minimum atomic E-state index is -0.915. The van der Waals surface area contributed by atoms with Crippen molar-refractivity contribution in [3.63, 3.8) is 0 Å². The van der Waals surface area contributed by atoms with E-state index in [9.17, 15) is 13.9 Å². The number of rotatable bonds is 4. The highest BCUT2D eigenvalue weighted by Crippen LogP contribution is 2.28. The van der Waals surface area contributed by atoms with Crippen molar-refractivity contribution < 1.29 is 13.9 Å². The topological polar surface area (TPSA) is 32.3 Å². The molecular formula is C16H23F2NO. The first-order valence-corrected chi connectivity index (χ1v) is 7.32. The van der Waals surface area contributed by atoms with E-state index in [2.05, 4.69) is 19.2 Å². The van der Waals surface area contributed by atoms with Gasteiger partial charge in [0.15, 0.2) is 11.6 Å². The van der Waals surface area contributed by atoms with Crippen molar-refractivity contribution >= 4 is 0 Å². The Kier molecular flexibility index (Phi) is 5.11. The van der Waals surface area contributed by atoms with E-state index in [1.165, 1.54) is 12.5 Å². The van der Waals surface area contributed by atoms with Gasteiger partial charge in [0, 0.05) is 12.6 Å². The smallest absolute Gasteiger partial charge is 0.159 e. The van der Waals surface area contributed by atoms with Crippen LogP contribution in [-0.2, 0) is 0 Å². The molecule has 0 amide bonds. The normalized spacial score (nSPS) is 28.4. The largest absolute Gasteiger partial charge is 0.387 e. The second kappa shape index (κ2) is 6.64. The quantitative estimate of drug-likeness (QED) is 0.887.